The van der Waals surface area contributed by atoms with E-state index in [1.54, 1.807) is 17.0 Å². The van der Waals surface area contributed by atoms with Crippen LogP contribution in [-0.2, 0) is 10.2 Å². The van der Waals surface area contributed by atoms with Crippen LogP contribution in [0.2, 0.25) is 0 Å². The van der Waals surface area contributed by atoms with Gasteiger partial charge in [0.25, 0.3) is 0 Å². The Hall–Kier alpha value is -2.68. The number of aliphatic hydroxyl groups excluding tert-OH is 2. The molecule has 1 heterocycles. The number of benzene rings is 2. The van der Waals surface area contributed by atoms with Gasteiger partial charge in [-0.15, -0.1) is 0 Å². The molecule has 0 saturated heterocycles. The fraction of sp³-hybridized carbons (Fsp3) is 0.391. The second-order valence-electron chi connectivity index (χ2n) is 7.77. The minimum Gasteiger partial charge on any atom is -0.394 e. The second-order valence-corrected chi connectivity index (χ2v) is 7.77. The van der Waals surface area contributed by atoms with Crippen molar-refractivity contribution < 1.29 is 15.0 Å². The summed E-state index contributed by atoms with van der Waals surface area (Å²) < 4.78 is 0. The first-order valence-corrected chi connectivity index (χ1v) is 9.84. The monoisotopic (exact) mass is 376 g/mol. The van der Waals surface area contributed by atoms with Gasteiger partial charge in [0, 0.05) is 0 Å². The maximum atomic E-state index is 13.8. The summed E-state index contributed by atoms with van der Waals surface area (Å²) in [6, 6.07) is 16.2. The van der Waals surface area contributed by atoms with Crippen LogP contribution in [0.1, 0.15) is 54.8 Å². The third-order valence-corrected chi connectivity index (χ3v) is 6.21. The number of nitrogens with zero attached hydrogens (tertiary/aromatic N) is 2. The maximum absolute atomic E-state index is 13.8. The summed E-state index contributed by atoms with van der Waals surface area (Å²) in [5, 5.41) is 29.8. The van der Waals surface area contributed by atoms with E-state index in [2.05, 4.69) is 6.07 Å². The molecular weight excluding hydrogens is 352 g/mol. The molecule has 0 aromatic heterocycles. The molecule has 1 spiro atoms. The molecule has 2 aliphatic rings. The SMILES string of the molecule is N#Cc1ccc2c(c1)N([C@@H](c1ccccc1)[C@H](O)CO)C(=O)C21CCCCC1. The molecule has 1 saturated carbocycles. The zero-order valence-electron chi connectivity index (χ0n) is 15.7. The van der Waals surface area contributed by atoms with Crippen molar-refractivity contribution in [2.45, 2.75) is 49.7 Å². The largest absolute Gasteiger partial charge is 0.394 e. The lowest BCUT2D eigenvalue weighted by molar-refractivity contribution is -0.125. The summed E-state index contributed by atoms with van der Waals surface area (Å²) in [7, 11) is 0. The van der Waals surface area contributed by atoms with Crippen molar-refractivity contribution in [2.24, 2.45) is 0 Å². The summed E-state index contributed by atoms with van der Waals surface area (Å²) in [6.07, 6.45) is 3.51. The van der Waals surface area contributed by atoms with E-state index in [0.717, 1.165) is 43.2 Å². The Kier molecular flexibility index (Phi) is 4.92. The van der Waals surface area contributed by atoms with Gasteiger partial charge in [0.15, 0.2) is 0 Å². The predicted molar refractivity (Wildman–Crippen MR) is 106 cm³/mol. The fourth-order valence-electron chi connectivity index (χ4n) is 4.87. The minimum absolute atomic E-state index is 0.0290. The third-order valence-electron chi connectivity index (χ3n) is 6.21. The summed E-state index contributed by atoms with van der Waals surface area (Å²) in [6.45, 7) is -0.455. The summed E-state index contributed by atoms with van der Waals surface area (Å²) >= 11 is 0. The van der Waals surface area contributed by atoms with Gasteiger partial charge in [0.1, 0.15) is 6.10 Å². The molecule has 2 aromatic rings. The van der Waals surface area contributed by atoms with E-state index < -0.39 is 24.2 Å². The van der Waals surface area contributed by atoms with Gasteiger partial charge in [-0.25, -0.2) is 0 Å². The average molecular weight is 376 g/mol. The van der Waals surface area contributed by atoms with Gasteiger partial charge < -0.3 is 15.1 Å². The first-order valence-electron chi connectivity index (χ1n) is 9.84. The molecule has 1 amide bonds. The van der Waals surface area contributed by atoms with Crippen molar-refractivity contribution in [1.29, 1.82) is 5.26 Å². The highest BCUT2D eigenvalue weighted by Gasteiger charge is 2.53. The molecule has 2 atom stereocenters. The number of amides is 1. The summed E-state index contributed by atoms with van der Waals surface area (Å²) in [4.78, 5) is 15.5. The van der Waals surface area contributed by atoms with E-state index in [-0.39, 0.29) is 5.91 Å². The van der Waals surface area contributed by atoms with E-state index in [4.69, 9.17) is 0 Å². The maximum Gasteiger partial charge on any atom is 0.238 e. The van der Waals surface area contributed by atoms with Gasteiger partial charge in [-0.05, 0) is 36.1 Å². The van der Waals surface area contributed by atoms with E-state index >= 15 is 0 Å². The summed E-state index contributed by atoms with van der Waals surface area (Å²) in [5.74, 6) is -0.0290. The van der Waals surface area contributed by atoms with Crippen molar-refractivity contribution in [3.63, 3.8) is 0 Å². The molecule has 1 fully saturated rings. The fourth-order valence-corrected chi connectivity index (χ4v) is 4.87. The number of nitriles is 1. The minimum atomic E-state index is -1.12. The number of carbonyl (C=O) groups excluding carboxylic acids is 1. The van der Waals surface area contributed by atoms with Gasteiger partial charge in [0.2, 0.25) is 5.91 Å². The van der Waals surface area contributed by atoms with Gasteiger partial charge >= 0.3 is 0 Å². The molecule has 5 heteroatoms. The van der Waals surface area contributed by atoms with Gasteiger partial charge in [-0.2, -0.15) is 5.26 Å². The van der Waals surface area contributed by atoms with E-state index in [9.17, 15) is 20.3 Å². The van der Waals surface area contributed by atoms with Crippen molar-refractivity contribution >= 4 is 11.6 Å². The van der Waals surface area contributed by atoms with Crippen LogP contribution in [0.25, 0.3) is 0 Å². The highest BCUT2D eigenvalue weighted by molar-refractivity contribution is 6.09. The quantitative estimate of drug-likeness (QED) is 0.858. The Morgan fingerprint density at radius 3 is 2.46 bits per heavy atom. The van der Waals surface area contributed by atoms with Crippen molar-refractivity contribution in [3.05, 3.63) is 65.2 Å². The predicted octanol–water partition coefficient (Wildman–Crippen LogP) is 3.20. The van der Waals surface area contributed by atoms with Crippen LogP contribution in [0.5, 0.6) is 0 Å². The number of aliphatic hydroxyl groups is 2. The molecule has 1 aliphatic carbocycles. The normalized spacial score (nSPS) is 19.9. The Labute approximate surface area is 164 Å². The molecule has 144 valence electrons. The number of fused-ring (bicyclic) bond motifs is 2. The van der Waals surface area contributed by atoms with Gasteiger partial charge in [0.05, 0.1) is 35.4 Å². The molecular formula is C23H24N2O3. The zero-order valence-corrected chi connectivity index (χ0v) is 15.7. The number of anilines is 1. The van der Waals surface area contributed by atoms with Crippen molar-refractivity contribution in [2.75, 3.05) is 11.5 Å². The molecule has 4 rings (SSSR count). The number of hydrogen-bond donors (Lipinski definition) is 2. The Balaban J connectivity index is 1.91. The molecule has 28 heavy (non-hydrogen) atoms. The number of carbonyl (C=O) groups is 1. The molecule has 2 N–H and O–H groups in total. The van der Waals surface area contributed by atoms with Crippen LogP contribution < -0.4 is 4.90 Å². The van der Waals surface area contributed by atoms with E-state index in [1.165, 1.54) is 0 Å². The number of rotatable bonds is 4. The molecule has 1 aliphatic heterocycles. The first kappa shape index (κ1) is 18.7. The second kappa shape index (κ2) is 7.38. The molecule has 2 aromatic carbocycles. The third kappa shape index (κ3) is 2.81. The summed E-state index contributed by atoms with van der Waals surface area (Å²) in [5.41, 5.74) is 2.28. The van der Waals surface area contributed by atoms with Crippen LogP contribution in [0.3, 0.4) is 0 Å². The van der Waals surface area contributed by atoms with Crippen LogP contribution >= 0.6 is 0 Å². The first-order chi connectivity index (χ1) is 13.6. The molecule has 0 unspecified atom stereocenters. The highest BCUT2D eigenvalue weighted by Crippen LogP contribution is 2.53. The van der Waals surface area contributed by atoms with Gasteiger partial charge in [-0.3, -0.25) is 4.79 Å². The number of hydrogen-bond acceptors (Lipinski definition) is 4. The van der Waals surface area contributed by atoms with Crippen LogP contribution in [-0.4, -0.2) is 28.8 Å². The smallest absolute Gasteiger partial charge is 0.238 e. The molecule has 0 radical (unpaired) electrons. The lowest BCUT2D eigenvalue weighted by atomic mass is 9.70. The highest BCUT2D eigenvalue weighted by atomic mass is 16.3. The molecule has 0 bridgehead atoms. The standard InChI is InChI=1S/C23H24N2O3/c24-14-16-9-10-18-19(13-16)25(22(28)23(18)11-5-2-6-12-23)21(20(27)15-26)17-7-3-1-4-8-17/h1,3-4,7-10,13,20-21,26-27H,2,5-6,11-12,15H2/t20-,21+/m1/s1. The van der Waals surface area contributed by atoms with Crippen molar-refractivity contribution in [3.8, 4) is 6.07 Å². The van der Waals surface area contributed by atoms with Crippen LogP contribution in [0.15, 0.2) is 48.5 Å². The topological polar surface area (TPSA) is 84.6 Å². The Morgan fingerprint density at radius 2 is 1.82 bits per heavy atom. The van der Waals surface area contributed by atoms with Crippen LogP contribution in [0, 0.1) is 11.3 Å². The lowest BCUT2D eigenvalue weighted by Crippen LogP contribution is -2.46. The van der Waals surface area contributed by atoms with Crippen molar-refractivity contribution in [1.82, 2.24) is 0 Å². The van der Waals surface area contributed by atoms with Gasteiger partial charge in [-0.1, -0.05) is 55.7 Å². The average Bonchev–Trinajstić information content (AvgIpc) is 2.97. The zero-order chi connectivity index (χ0) is 19.7. The Morgan fingerprint density at radius 1 is 1.11 bits per heavy atom. The van der Waals surface area contributed by atoms with Crippen LogP contribution in [0.4, 0.5) is 5.69 Å². The van der Waals surface area contributed by atoms with E-state index in [0.29, 0.717) is 11.3 Å². The van der Waals surface area contributed by atoms with E-state index in [1.807, 2.05) is 36.4 Å². The Bertz CT molecular complexity index is 913. The lowest BCUT2D eigenvalue weighted by Gasteiger charge is -2.36. The molecule has 5 nitrogen and oxygen atoms in total.